The van der Waals surface area contributed by atoms with Crippen LogP contribution >= 0.6 is 11.8 Å². The predicted molar refractivity (Wildman–Crippen MR) is 82.8 cm³/mol. The van der Waals surface area contributed by atoms with Crippen molar-refractivity contribution in [1.82, 2.24) is 20.6 Å². The summed E-state index contributed by atoms with van der Waals surface area (Å²) in [6, 6.07) is 1.21. The van der Waals surface area contributed by atoms with E-state index in [-0.39, 0.29) is 17.1 Å². The van der Waals surface area contributed by atoms with E-state index in [0.717, 1.165) is 0 Å². The van der Waals surface area contributed by atoms with Gasteiger partial charge < -0.3 is 10.6 Å². The molecule has 2 atom stereocenters. The molecular weight excluding hydrogens is 288 g/mol. The zero-order valence-electron chi connectivity index (χ0n) is 12.8. The molecule has 7 heteroatoms. The number of nitrogens with one attached hydrogen (secondary N) is 2. The first kappa shape index (κ1) is 17.4. The molecule has 0 bridgehead atoms. The average molecular weight is 310 g/mol. The Morgan fingerprint density at radius 3 is 2.33 bits per heavy atom. The van der Waals surface area contributed by atoms with Crippen LogP contribution in [-0.4, -0.2) is 40.1 Å². The molecule has 2 N–H and O–H groups in total. The number of carbonyl (C=O) groups is 2. The van der Waals surface area contributed by atoms with Crippen LogP contribution in [0, 0.1) is 5.92 Å². The predicted octanol–water partition coefficient (Wildman–Crippen LogP) is 1.23. The van der Waals surface area contributed by atoms with E-state index >= 15 is 0 Å². The summed E-state index contributed by atoms with van der Waals surface area (Å²) in [6.45, 7) is 5.79. The van der Waals surface area contributed by atoms with Crippen LogP contribution in [0.15, 0.2) is 23.6 Å². The maximum absolute atomic E-state index is 12.2. The van der Waals surface area contributed by atoms with E-state index in [1.807, 2.05) is 13.8 Å². The second-order valence-electron chi connectivity index (χ2n) is 5.10. The molecule has 6 nitrogen and oxygen atoms in total. The molecule has 21 heavy (non-hydrogen) atoms. The summed E-state index contributed by atoms with van der Waals surface area (Å²) >= 11 is 1.27. The van der Waals surface area contributed by atoms with Crippen molar-refractivity contribution in [2.75, 3.05) is 7.05 Å². The Kier molecular flexibility index (Phi) is 7.14. The lowest BCUT2D eigenvalue weighted by Crippen LogP contribution is -2.48. The second kappa shape index (κ2) is 8.61. The van der Waals surface area contributed by atoms with Crippen LogP contribution in [0.5, 0.6) is 0 Å². The quantitative estimate of drug-likeness (QED) is 0.584. The minimum atomic E-state index is -0.512. The van der Waals surface area contributed by atoms with E-state index in [4.69, 9.17) is 0 Å². The van der Waals surface area contributed by atoms with Crippen molar-refractivity contribution in [3.05, 3.63) is 18.5 Å². The number of carbonyl (C=O) groups excluding carboxylic acids is 2. The highest BCUT2D eigenvalue weighted by Crippen LogP contribution is 2.18. The third-order valence-electron chi connectivity index (χ3n) is 2.78. The van der Waals surface area contributed by atoms with E-state index < -0.39 is 6.04 Å². The molecule has 0 fully saturated rings. The Morgan fingerprint density at radius 2 is 1.81 bits per heavy atom. The van der Waals surface area contributed by atoms with Crippen LogP contribution in [0.4, 0.5) is 0 Å². The first-order valence-corrected chi connectivity index (χ1v) is 7.77. The molecule has 1 heterocycles. The molecule has 116 valence electrons. The van der Waals surface area contributed by atoms with Gasteiger partial charge in [-0.3, -0.25) is 9.59 Å². The fourth-order valence-corrected chi connectivity index (χ4v) is 2.46. The molecule has 0 spiro atoms. The zero-order valence-corrected chi connectivity index (χ0v) is 13.6. The SMILES string of the molecule is CNC(=O)[C@@H](CC(C)C)NC(=O)[C@@H](C)Sc1ncccn1. The number of nitrogens with zero attached hydrogens (tertiary/aromatic N) is 2. The fourth-order valence-electron chi connectivity index (χ4n) is 1.72. The normalized spacial score (nSPS) is 13.6. The number of amides is 2. The van der Waals surface area contributed by atoms with E-state index in [1.165, 1.54) is 11.8 Å². The Hall–Kier alpha value is -1.63. The summed E-state index contributed by atoms with van der Waals surface area (Å²) in [4.78, 5) is 32.1. The Labute approximate surface area is 129 Å². The van der Waals surface area contributed by atoms with Crippen LogP contribution in [0.2, 0.25) is 0 Å². The van der Waals surface area contributed by atoms with Gasteiger partial charge in [0.1, 0.15) is 6.04 Å². The standard InChI is InChI=1S/C14H22N4O2S/c1-9(2)8-11(13(20)15-4)18-12(19)10(3)21-14-16-6-5-7-17-14/h5-7,9-11H,8H2,1-4H3,(H,15,20)(H,18,19)/t10-,11-/m1/s1. The first-order chi connectivity index (χ1) is 9.93. The highest BCUT2D eigenvalue weighted by molar-refractivity contribution is 8.00. The largest absolute Gasteiger partial charge is 0.357 e. The van der Waals surface area contributed by atoms with Gasteiger partial charge in [0.15, 0.2) is 5.16 Å². The van der Waals surface area contributed by atoms with Gasteiger partial charge in [0.2, 0.25) is 11.8 Å². The third kappa shape index (κ3) is 6.12. The number of likely N-dealkylation sites (N-methyl/N-ethyl adjacent to an activating group) is 1. The second-order valence-corrected chi connectivity index (χ2v) is 6.40. The van der Waals surface area contributed by atoms with Crippen molar-refractivity contribution in [3.63, 3.8) is 0 Å². The minimum absolute atomic E-state index is 0.176. The lowest BCUT2D eigenvalue weighted by molar-refractivity contribution is -0.128. The Balaban J connectivity index is 2.61. The van der Waals surface area contributed by atoms with Crippen molar-refractivity contribution in [1.29, 1.82) is 0 Å². The summed E-state index contributed by atoms with van der Waals surface area (Å²) in [5.41, 5.74) is 0. The van der Waals surface area contributed by atoms with Gasteiger partial charge in [-0.15, -0.1) is 0 Å². The molecule has 0 saturated carbocycles. The number of rotatable bonds is 7. The smallest absolute Gasteiger partial charge is 0.242 e. The third-order valence-corrected chi connectivity index (χ3v) is 3.77. The molecule has 1 aromatic rings. The molecule has 1 aromatic heterocycles. The fraction of sp³-hybridized carbons (Fsp3) is 0.571. The summed E-state index contributed by atoms with van der Waals surface area (Å²) < 4.78 is 0. The van der Waals surface area contributed by atoms with Gasteiger partial charge in [0.25, 0.3) is 0 Å². The maximum Gasteiger partial charge on any atom is 0.242 e. The zero-order chi connectivity index (χ0) is 15.8. The molecule has 2 amide bonds. The molecule has 0 unspecified atom stereocenters. The highest BCUT2D eigenvalue weighted by Gasteiger charge is 2.24. The van der Waals surface area contributed by atoms with Gasteiger partial charge in [-0.2, -0.15) is 0 Å². The van der Waals surface area contributed by atoms with Gasteiger partial charge in [0.05, 0.1) is 5.25 Å². The summed E-state index contributed by atoms with van der Waals surface area (Å²) in [7, 11) is 1.57. The van der Waals surface area contributed by atoms with Crippen LogP contribution in [0.3, 0.4) is 0 Å². The van der Waals surface area contributed by atoms with Crippen molar-refractivity contribution < 1.29 is 9.59 Å². The van der Waals surface area contributed by atoms with Gasteiger partial charge in [-0.25, -0.2) is 9.97 Å². The summed E-state index contributed by atoms with van der Waals surface area (Å²) in [6.07, 6.45) is 3.86. The van der Waals surface area contributed by atoms with Crippen LogP contribution < -0.4 is 10.6 Å². The Bertz CT molecular complexity index is 467. The molecular formula is C14H22N4O2S. The number of thioether (sulfide) groups is 1. The van der Waals surface area contributed by atoms with E-state index in [9.17, 15) is 9.59 Å². The van der Waals surface area contributed by atoms with Crippen LogP contribution in [0.25, 0.3) is 0 Å². The van der Waals surface area contributed by atoms with Crippen molar-refractivity contribution >= 4 is 23.6 Å². The molecule has 0 aliphatic heterocycles. The highest BCUT2D eigenvalue weighted by atomic mass is 32.2. The van der Waals surface area contributed by atoms with Crippen molar-refractivity contribution in [2.24, 2.45) is 5.92 Å². The minimum Gasteiger partial charge on any atom is -0.357 e. The molecule has 0 aliphatic carbocycles. The topological polar surface area (TPSA) is 84.0 Å². The van der Waals surface area contributed by atoms with E-state index in [2.05, 4.69) is 20.6 Å². The van der Waals surface area contributed by atoms with E-state index in [0.29, 0.717) is 17.5 Å². The van der Waals surface area contributed by atoms with E-state index in [1.54, 1.807) is 32.4 Å². The molecule has 1 rings (SSSR count). The molecule has 0 radical (unpaired) electrons. The number of hydrogen-bond donors (Lipinski definition) is 2. The average Bonchev–Trinajstić information content (AvgIpc) is 2.46. The summed E-state index contributed by atoms with van der Waals surface area (Å²) in [5, 5.41) is 5.54. The van der Waals surface area contributed by atoms with Gasteiger partial charge in [0, 0.05) is 19.4 Å². The molecule has 0 aliphatic rings. The first-order valence-electron chi connectivity index (χ1n) is 6.89. The number of aromatic nitrogens is 2. The number of hydrogen-bond acceptors (Lipinski definition) is 5. The lowest BCUT2D eigenvalue weighted by atomic mass is 10.0. The maximum atomic E-state index is 12.2. The van der Waals surface area contributed by atoms with Crippen LogP contribution in [-0.2, 0) is 9.59 Å². The van der Waals surface area contributed by atoms with Crippen LogP contribution in [0.1, 0.15) is 27.2 Å². The van der Waals surface area contributed by atoms with Gasteiger partial charge >= 0.3 is 0 Å². The molecule has 0 saturated heterocycles. The van der Waals surface area contributed by atoms with Crippen molar-refractivity contribution in [3.8, 4) is 0 Å². The van der Waals surface area contributed by atoms with Gasteiger partial charge in [-0.1, -0.05) is 25.6 Å². The lowest BCUT2D eigenvalue weighted by Gasteiger charge is -2.20. The molecule has 0 aromatic carbocycles. The monoisotopic (exact) mass is 310 g/mol. The summed E-state index contributed by atoms with van der Waals surface area (Å²) in [5.74, 6) is -0.0556. The van der Waals surface area contributed by atoms with Gasteiger partial charge in [-0.05, 0) is 25.3 Å². The Morgan fingerprint density at radius 1 is 1.19 bits per heavy atom. The van der Waals surface area contributed by atoms with Crippen molar-refractivity contribution in [2.45, 2.75) is 43.6 Å².